The van der Waals surface area contributed by atoms with Crippen LogP contribution in [0.3, 0.4) is 0 Å². The third-order valence-corrected chi connectivity index (χ3v) is 2.60. The van der Waals surface area contributed by atoms with Crippen LogP contribution in [0.25, 0.3) is 22.2 Å². The Morgan fingerprint density at radius 1 is 1.25 bits per heavy atom. The zero-order valence-electron chi connectivity index (χ0n) is 8.86. The predicted molar refractivity (Wildman–Crippen MR) is 62.9 cm³/mol. The number of nitrogens with one attached hydrogen (secondary N) is 1. The minimum Gasteiger partial charge on any atom is -0.258 e. The molecule has 0 unspecified atom stereocenters. The number of aromatic amines is 1. The molecule has 0 fully saturated rings. The number of rotatable bonds is 1. The van der Waals surface area contributed by atoms with Gasteiger partial charge in [-0.3, -0.25) is 5.10 Å². The molecule has 0 spiro atoms. The van der Waals surface area contributed by atoms with Gasteiger partial charge in [-0.2, -0.15) is 0 Å². The standard InChI is InChI=1S/C13H10N3/c1-9-4-2-5-10(8-9)11-6-3-7-12-13(11)15-16-14-12/h2-4,6-8H,1H3,(H,14,15,16). The van der Waals surface area contributed by atoms with Crippen molar-refractivity contribution in [2.75, 3.05) is 0 Å². The fourth-order valence-corrected chi connectivity index (χ4v) is 1.82. The summed E-state index contributed by atoms with van der Waals surface area (Å²) in [5, 5.41) is 10.8. The van der Waals surface area contributed by atoms with E-state index < -0.39 is 0 Å². The maximum atomic E-state index is 4.10. The normalized spacial score (nSPS) is 10.8. The van der Waals surface area contributed by atoms with Gasteiger partial charge in [-0.15, -0.1) is 5.10 Å². The first-order chi connectivity index (χ1) is 7.84. The highest BCUT2D eigenvalue weighted by Gasteiger charge is 2.06. The van der Waals surface area contributed by atoms with Crippen molar-refractivity contribution in [1.29, 1.82) is 0 Å². The Labute approximate surface area is 93.1 Å². The molecule has 0 aliphatic heterocycles. The molecule has 3 rings (SSSR count). The van der Waals surface area contributed by atoms with E-state index in [0.717, 1.165) is 22.2 Å². The Morgan fingerprint density at radius 3 is 3.06 bits per heavy atom. The molecule has 0 bridgehead atoms. The van der Waals surface area contributed by atoms with Gasteiger partial charge in [0.15, 0.2) is 0 Å². The first-order valence-corrected chi connectivity index (χ1v) is 5.13. The molecule has 0 aliphatic carbocycles. The highest BCUT2D eigenvalue weighted by atomic mass is 15.3. The van der Waals surface area contributed by atoms with Crippen molar-refractivity contribution in [3.8, 4) is 11.1 Å². The van der Waals surface area contributed by atoms with Gasteiger partial charge in [0.2, 0.25) is 0 Å². The molecule has 0 aliphatic rings. The van der Waals surface area contributed by atoms with Crippen LogP contribution in [0.4, 0.5) is 0 Å². The Kier molecular flexibility index (Phi) is 1.96. The topological polar surface area (TPSA) is 41.6 Å². The Balaban J connectivity index is 2.29. The maximum absolute atomic E-state index is 4.10. The predicted octanol–water partition coefficient (Wildman–Crippen LogP) is 2.73. The molecule has 77 valence electrons. The van der Waals surface area contributed by atoms with Gasteiger partial charge in [0.25, 0.3) is 0 Å². The van der Waals surface area contributed by atoms with Crippen LogP contribution < -0.4 is 0 Å². The largest absolute Gasteiger partial charge is 0.258 e. The second-order valence-electron chi connectivity index (χ2n) is 3.79. The van der Waals surface area contributed by atoms with E-state index in [-0.39, 0.29) is 0 Å². The lowest BCUT2D eigenvalue weighted by atomic mass is 10.0. The van der Waals surface area contributed by atoms with Gasteiger partial charge < -0.3 is 0 Å². The van der Waals surface area contributed by atoms with Crippen molar-refractivity contribution < 1.29 is 0 Å². The minimum absolute atomic E-state index is 0.893. The number of hydrogen-bond donors (Lipinski definition) is 1. The van der Waals surface area contributed by atoms with Crippen LogP contribution in [0.5, 0.6) is 0 Å². The van der Waals surface area contributed by atoms with Crippen LogP contribution in [0.1, 0.15) is 5.56 Å². The van der Waals surface area contributed by atoms with Gasteiger partial charge in [-0.25, -0.2) is 0 Å². The Morgan fingerprint density at radius 2 is 2.19 bits per heavy atom. The first-order valence-electron chi connectivity index (χ1n) is 5.13. The van der Waals surface area contributed by atoms with Crippen molar-refractivity contribution in [2.45, 2.75) is 6.92 Å². The van der Waals surface area contributed by atoms with E-state index in [4.69, 9.17) is 0 Å². The number of benzene rings is 2. The van der Waals surface area contributed by atoms with Gasteiger partial charge in [-0.05, 0) is 24.6 Å². The summed E-state index contributed by atoms with van der Waals surface area (Å²) < 4.78 is 0. The summed E-state index contributed by atoms with van der Waals surface area (Å²) in [7, 11) is 0. The number of aromatic nitrogens is 3. The third kappa shape index (κ3) is 1.37. The fourth-order valence-electron chi connectivity index (χ4n) is 1.82. The molecule has 1 heterocycles. The molecular formula is C13H10N3. The summed E-state index contributed by atoms with van der Waals surface area (Å²) in [6.07, 6.45) is 0. The SMILES string of the molecule is Cc1cc[c]c(-c2cccc3[nH]nnc23)c1. The zero-order chi connectivity index (χ0) is 11.0. The molecule has 1 aromatic heterocycles. The molecule has 3 aromatic rings. The van der Waals surface area contributed by atoms with Crippen molar-refractivity contribution >= 4 is 11.0 Å². The van der Waals surface area contributed by atoms with Gasteiger partial charge in [0.05, 0.1) is 5.52 Å². The van der Waals surface area contributed by atoms with E-state index in [1.165, 1.54) is 5.56 Å². The number of fused-ring (bicyclic) bond motifs is 1. The van der Waals surface area contributed by atoms with Gasteiger partial charge >= 0.3 is 0 Å². The van der Waals surface area contributed by atoms with Gasteiger partial charge in [0.1, 0.15) is 5.52 Å². The van der Waals surface area contributed by atoms with E-state index >= 15 is 0 Å². The summed E-state index contributed by atoms with van der Waals surface area (Å²) in [5.74, 6) is 0. The fraction of sp³-hybridized carbons (Fsp3) is 0.0769. The highest BCUT2D eigenvalue weighted by Crippen LogP contribution is 2.25. The molecule has 2 aromatic carbocycles. The molecule has 1 N–H and O–H groups in total. The number of nitrogens with zero attached hydrogens (tertiary/aromatic N) is 2. The molecule has 3 heteroatoms. The Hall–Kier alpha value is -2.16. The lowest BCUT2D eigenvalue weighted by Crippen LogP contribution is -1.82. The lowest BCUT2D eigenvalue weighted by Gasteiger charge is -2.02. The van der Waals surface area contributed by atoms with E-state index in [9.17, 15) is 0 Å². The molecule has 1 radical (unpaired) electrons. The van der Waals surface area contributed by atoms with Crippen molar-refractivity contribution in [2.24, 2.45) is 0 Å². The smallest absolute Gasteiger partial charge is 0.120 e. The van der Waals surface area contributed by atoms with Crippen LogP contribution in [0, 0.1) is 13.0 Å². The monoisotopic (exact) mass is 208 g/mol. The van der Waals surface area contributed by atoms with E-state index in [2.05, 4.69) is 34.5 Å². The van der Waals surface area contributed by atoms with E-state index in [1.54, 1.807) is 0 Å². The van der Waals surface area contributed by atoms with Gasteiger partial charge in [-0.1, -0.05) is 41.1 Å². The van der Waals surface area contributed by atoms with Crippen molar-refractivity contribution in [3.05, 3.63) is 48.0 Å². The van der Waals surface area contributed by atoms with Crippen molar-refractivity contribution in [3.63, 3.8) is 0 Å². The van der Waals surface area contributed by atoms with Crippen LogP contribution >= 0.6 is 0 Å². The third-order valence-electron chi connectivity index (χ3n) is 2.60. The minimum atomic E-state index is 0.893. The maximum Gasteiger partial charge on any atom is 0.120 e. The summed E-state index contributed by atoms with van der Waals surface area (Å²) in [5.41, 5.74) is 5.18. The summed E-state index contributed by atoms with van der Waals surface area (Å²) in [6, 6.07) is 15.3. The van der Waals surface area contributed by atoms with E-state index in [1.807, 2.05) is 30.3 Å². The zero-order valence-corrected chi connectivity index (χ0v) is 8.86. The van der Waals surface area contributed by atoms with Crippen LogP contribution in [-0.4, -0.2) is 15.4 Å². The first kappa shape index (κ1) is 9.09. The van der Waals surface area contributed by atoms with E-state index in [0.29, 0.717) is 0 Å². The number of hydrogen-bond acceptors (Lipinski definition) is 2. The second-order valence-corrected chi connectivity index (χ2v) is 3.79. The molecule has 0 saturated heterocycles. The molecule has 3 nitrogen and oxygen atoms in total. The average molecular weight is 208 g/mol. The summed E-state index contributed by atoms with van der Waals surface area (Å²) in [6.45, 7) is 2.07. The second kappa shape index (κ2) is 3.45. The van der Waals surface area contributed by atoms with Gasteiger partial charge in [0, 0.05) is 5.56 Å². The number of aryl methyl sites for hydroxylation is 1. The Bertz CT molecular complexity index is 640. The summed E-state index contributed by atoms with van der Waals surface area (Å²) in [4.78, 5) is 0. The average Bonchev–Trinajstić information content (AvgIpc) is 2.76. The quantitative estimate of drug-likeness (QED) is 0.668. The van der Waals surface area contributed by atoms with Crippen LogP contribution in [0.15, 0.2) is 36.4 Å². The molecule has 0 saturated carbocycles. The molecule has 16 heavy (non-hydrogen) atoms. The highest BCUT2D eigenvalue weighted by molar-refractivity contribution is 5.90. The number of H-pyrrole nitrogens is 1. The molecule has 0 amide bonds. The van der Waals surface area contributed by atoms with Crippen molar-refractivity contribution in [1.82, 2.24) is 15.4 Å². The van der Waals surface area contributed by atoms with Crippen LogP contribution in [-0.2, 0) is 0 Å². The lowest BCUT2D eigenvalue weighted by molar-refractivity contribution is 0.959. The summed E-state index contributed by atoms with van der Waals surface area (Å²) >= 11 is 0. The van der Waals surface area contributed by atoms with Crippen LogP contribution in [0.2, 0.25) is 0 Å². The molecule has 0 atom stereocenters. The molecular weight excluding hydrogens is 198 g/mol.